The van der Waals surface area contributed by atoms with Gasteiger partial charge in [0.25, 0.3) is 0 Å². The van der Waals surface area contributed by atoms with E-state index in [0.717, 1.165) is 0 Å². The summed E-state index contributed by atoms with van der Waals surface area (Å²) < 4.78 is 9.87. The third-order valence-corrected chi connectivity index (χ3v) is 2.63. The van der Waals surface area contributed by atoms with Gasteiger partial charge in [0.05, 0.1) is 5.39 Å². The lowest BCUT2D eigenvalue weighted by Crippen LogP contribution is -1.98. The van der Waals surface area contributed by atoms with Crippen LogP contribution in [0.4, 0.5) is 11.5 Å². The van der Waals surface area contributed by atoms with E-state index >= 15 is 0 Å². The van der Waals surface area contributed by atoms with Crippen LogP contribution in [-0.2, 0) is 0 Å². The first-order valence-corrected chi connectivity index (χ1v) is 5.75. The van der Waals surface area contributed by atoms with Gasteiger partial charge in [-0.2, -0.15) is 0 Å². The molecule has 3 rings (SSSR count). The lowest BCUT2D eigenvalue weighted by Gasteiger charge is -2.00. The Morgan fingerprint density at radius 1 is 1.25 bits per heavy atom. The molecule has 100 valence electrons. The van der Waals surface area contributed by atoms with Gasteiger partial charge in [-0.25, -0.2) is 4.79 Å². The molecule has 7 nitrogen and oxygen atoms in total. The standard InChI is InChI=1S/C13H9N3O4/c1-7-6-10(16-20-7)14-15-11-12(17)8-4-2-3-5-9(8)19-13(11)18/h2-6,17H,1H3. The number of azo groups is 1. The van der Waals surface area contributed by atoms with Crippen LogP contribution in [0, 0.1) is 6.92 Å². The molecular formula is C13H9N3O4. The molecule has 2 heterocycles. The molecule has 0 saturated carbocycles. The molecule has 0 spiro atoms. The molecule has 0 aliphatic heterocycles. The Labute approximate surface area is 112 Å². The Kier molecular flexibility index (Phi) is 2.79. The Morgan fingerprint density at radius 3 is 2.80 bits per heavy atom. The van der Waals surface area contributed by atoms with Crippen LogP contribution in [0.3, 0.4) is 0 Å². The molecule has 0 aliphatic carbocycles. The van der Waals surface area contributed by atoms with Crippen LogP contribution in [0.1, 0.15) is 5.76 Å². The van der Waals surface area contributed by atoms with E-state index in [1.165, 1.54) is 0 Å². The van der Waals surface area contributed by atoms with E-state index in [-0.39, 0.29) is 22.8 Å². The molecular weight excluding hydrogens is 262 g/mol. The third kappa shape index (κ3) is 2.05. The molecule has 0 aliphatic rings. The minimum absolute atomic E-state index is 0.203. The van der Waals surface area contributed by atoms with Crippen molar-refractivity contribution in [1.29, 1.82) is 0 Å². The first-order chi connectivity index (χ1) is 9.65. The zero-order valence-electron chi connectivity index (χ0n) is 10.4. The zero-order chi connectivity index (χ0) is 14.1. The minimum Gasteiger partial charge on any atom is -0.505 e. The van der Waals surface area contributed by atoms with Crippen molar-refractivity contribution < 1.29 is 14.0 Å². The van der Waals surface area contributed by atoms with E-state index < -0.39 is 5.63 Å². The zero-order valence-corrected chi connectivity index (χ0v) is 10.4. The van der Waals surface area contributed by atoms with Gasteiger partial charge in [-0.05, 0) is 19.1 Å². The number of fused-ring (bicyclic) bond motifs is 1. The molecule has 0 unspecified atom stereocenters. The smallest absolute Gasteiger partial charge is 0.368 e. The lowest BCUT2D eigenvalue weighted by molar-refractivity contribution is 0.399. The molecule has 0 atom stereocenters. The van der Waals surface area contributed by atoms with E-state index in [4.69, 9.17) is 8.94 Å². The van der Waals surface area contributed by atoms with Gasteiger partial charge in [0.15, 0.2) is 5.75 Å². The fourth-order valence-electron chi connectivity index (χ4n) is 1.71. The Hall–Kier alpha value is -2.96. The van der Waals surface area contributed by atoms with Crippen LogP contribution in [0.15, 0.2) is 54.3 Å². The fraction of sp³-hybridized carbons (Fsp3) is 0.0769. The largest absolute Gasteiger partial charge is 0.505 e. The summed E-state index contributed by atoms with van der Waals surface area (Å²) >= 11 is 0. The highest BCUT2D eigenvalue weighted by Gasteiger charge is 2.13. The first kappa shape index (κ1) is 12.1. The van der Waals surface area contributed by atoms with Crippen molar-refractivity contribution in [2.45, 2.75) is 6.92 Å². The number of aromatic nitrogens is 1. The summed E-state index contributed by atoms with van der Waals surface area (Å²) in [7, 11) is 0. The Balaban J connectivity index is 2.12. The number of aryl methyl sites for hydroxylation is 1. The van der Waals surface area contributed by atoms with Crippen LogP contribution in [0.5, 0.6) is 5.75 Å². The van der Waals surface area contributed by atoms with Gasteiger partial charge in [0.1, 0.15) is 11.3 Å². The predicted molar refractivity (Wildman–Crippen MR) is 69.6 cm³/mol. The Bertz CT molecular complexity index is 863. The monoisotopic (exact) mass is 271 g/mol. The van der Waals surface area contributed by atoms with Gasteiger partial charge >= 0.3 is 5.63 Å². The number of para-hydroxylation sites is 1. The highest BCUT2D eigenvalue weighted by Crippen LogP contribution is 2.32. The second kappa shape index (κ2) is 4.61. The van der Waals surface area contributed by atoms with E-state index in [2.05, 4.69) is 15.4 Å². The molecule has 0 saturated heterocycles. The molecule has 7 heteroatoms. The second-order valence-corrected chi connectivity index (χ2v) is 4.08. The van der Waals surface area contributed by atoms with Gasteiger partial charge in [-0.1, -0.05) is 17.3 Å². The summed E-state index contributed by atoms with van der Waals surface area (Å²) in [6.07, 6.45) is 0. The third-order valence-electron chi connectivity index (χ3n) is 2.63. The molecule has 1 aromatic carbocycles. The minimum atomic E-state index is -0.773. The van der Waals surface area contributed by atoms with E-state index in [1.807, 2.05) is 0 Å². The maximum absolute atomic E-state index is 11.8. The summed E-state index contributed by atoms with van der Waals surface area (Å²) in [5.74, 6) is 0.490. The number of nitrogens with zero attached hydrogens (tertiary/aromatic N) is 3. The maximum atomic E-state index is 11.8. The fourth-order valence-corrected chi connectivity index (χ4v) is 1.71. The SMILES string of the molecule is Cc1cc(N=Nc2c(O)c3ccccc3oc2=O)no1. The van der Waals surface area contributed by atoms with Crippen molar-refractivity contribution in [1.82, 2.24) is 5.16 Å². The summed E-state index contributed by atoms with van der Waals surface area (Å²) in [5.41, 5.74) is -0.763. The number of hydrogen-bond acceptors (Lipinski definition) is 7. The van der Waals surface area contributed by atoms with Crippen LogP contribution >= 0.6 is 0 Å². The molecule has 3 aromatic rings. The molecule has 0 amide bonds. The molecule has 2 aromatic heterocycles. The number of benzene rings is 1. The predicted octanol–water partition coefficient (Wildman–Crippen LogP) is 3.21. The second-order valence-electron chi connectivity index (χ2n) is 4.08. The van der Waals surface area contributed by atoms with Crippen molar-refractivity contribution in [3.8, 4) is 5.75 Å². The molecule has 0 bridgehead atoms. The van der Waals surface area contributed by atoms with E-state index in [1.54, 1.807) is 37.3 Å². The summed E-state index contributed by atoms with van der Waals surface area (Å²) in [4.78, 5) is 11.8. The molecule has 0 radical (unpaired) electrons. The van der Waals surface area contributed by atoms with Gasteiger partial charge in [0, 0.05) is 6.07 Å². The summed E-state index contributed by atoms with van der Waals surface area (Å²) in [6.45, 7) is 1.70. The normalized spacial score (nSPS) is 11.4. The summed E-state index contributed by atoms with van der Waals surface area (Å²) in [5, 5.41) is 21.5. The average molecular weight is 271 g/mol. The lowest BCUT2D eigenvalue weighted by atomic mass is 10.2. The maximum Gasteiger partial charge on any atom is 0.368 e. The molecule has 0 fully saturated rings. The van der Waals surface area contributed by atoms with Crippen LogP contribution < -0.4 is 5.63 Å². The van der Waals surface area contributed by atoms with Crippen molar-refractivity contribution in [3.63, 3.8) is 0 Å². The van der Waals surface area contributed by atoms with Gasteiger partial charge < -0.3 is 14.0 Å². The highest BCUT2D eigenvalue weighted by atomic mass is 16.5. The van der Waals surface area contributed by atoms with Crippen LogP contribution in [0.2, 0.25) is 0 Å². The van der Waals surface area contributed by atoms with Gasteiger partial charge in [-0.3, -0.25) is 0 Å². The van der Waals surface area contributed by atoms with Crippen LogP contribution in [0.25, 0.3) is 11.0 Å². The van der Waals surface area contributed by atoms with Crippen molar-refractivity contribution in [2.24, 2.45) is 10.2 Å². The number of rotatable bonds is 2. The van der Waals surface area contributed by atoms with Crippen LogP contribution in [-0.4, -0.2) is 10.3 Å². The number of aromatic hydroxyl groups is 1. The Morgan fingerprint density at radius 2 is 2.05 bits per heavy atom. The van der Waals surface area contributed by atoms with Gasteiger partial charge in [0.2, 0.25) is 11.5 Å². The molecule has 20 heavy (non-hydrogen) atoms. The van der Waals surface area contributed by atoms with E-state index in [9.17, 15) is 9.90 Å². The average Bonchev–Trinajstić information content (AvgIpc) is 2.84. The topological polar surface area (TPSA) is 101 Å². The van der Waals surface area contributed by atoms with Gasteiger partial charge in [-0.15, -0.1) is 10.2 Å². The van der Waals surface area contributed by atoms with Crippen molar-refractivity contribution in [2.75, 3.05) is 0 Å². The highest BCUT2D eigenvalue weighted by molar-refractivity contribution is 5.87. The van der Waals surface area contributed by atoms with Crippen molar-refractivity contribution >= 4 is 22.5 Å². The summed E-state index contributed by atoms with van der Waals surface area (Å²) in [6, 6.07) is 8.16. The van der Waals surface area contributed by atoms with E-state index in [0.29, 0.717) is 11.1 Å². The first-order valence-electron chi connectivity index (χ1n) is 5.75. The van der Waals surface area contributed by atoms with Crippen molar-refractivity contribution in [3.05, 3.63) is 46.5 Å². The molecule has 1 N–H and O–H groups in total. The number of hydrogen-bond donors (Lipinski definition) is 1. The quantitative estimate of drug-likeness (QED) is 0.569.